The Kier molecular flexibility index (Phi) is 6.14. The van der Waals surface area contributed by atoms with Crippen molar-refractivity contribution in [2.75, 3.05) is 18.5 Å². The summed E-state index contributed by atoms with van der Waals surface area (Å²) in [6.07, 6.45) is 3.74. The summed E-state index contributed by atoms with van der Waals surface area (Å²) in [5.41, 5.74) is 0.628. The second-order valence-electron chi connectivity index (χ2n) is 6.42. The predicted octanol–water partition coefficient (Wildman–Crippen LogP) is 4.35. The van der Waals surface area contributed by atoms with Gasteiger partial charge in [-0.3, -0.25) is 4.79 Å². The number of anilines is 1. The van der Waals surface area contributed by atoms with Crippen LogP contribution in [0.2, 0.25) is 0 Å². The minimum Gasteiger partial charge on any atom is -0.493 e. The first-order valence-corrected chi connectivity index (χ1v) is 9.80. The number of halogens is 1. The molecule has 0 saturated carbocycles. The highest BCUT2D eigenvalue weighted by Gasteiger charge is 2.32. The normalized spacial score (nSPS) is 19.9. The lowest BCUT2D eigenvalue weighted by molar-refractivity contribution is 0.0612. The third kappa shape index (κ3) is 4.18. The van der Waals surface area contributed by atoms with Crippen LogP contribution in [0.4, 0.5) is 5.82 Å². The Morgan fingerprint density at radius 3 is 2.88 bits per heavy atom. The van der Waals surface area contributed by atoms with Crippen molar-refractivity contribution in [1.82, 2.24) is 9.88 Å². The maximum atomic E-state index is 13.1. The largest absolute Gasteiger partial charge is 0.493 e. The van der Waals surface area contributed by atoms with Crippen molar-refractivity contribution in [3.05, 3.63) is 52.6 Å². The van der Waals surface area contributed by atoms with Gasteiger partial charge in [0, 0.05) is 29.3 Å². The van der Waals surface area contributed by atoms with Gasteiger partial charge in [-0.2, -0.15) is 0 Å². The van der Waals surface area contributed by atoms with E-state index >= 15 is 0 Å². The zero-order valence-electron chi connectivity index (χ0n) is 15.1. The van der Waals surface area contributed by atoms with E-state index in [0.29, 0.717) is 17.9 Å². The average Bonchev–Trinajstić information content (AvgIpc) is 2.65. The van der Waals surface area contributed by atoms with E-state index in [-0.39, 0.29) is 18.0 Å². The molecule has 2 heterocycles. The van der Waals surface area contributed by atoms with Crippen LogP contribution < -0.4 is 10.1 Å². The number of carbonyl (C=O) groups excluding carboxylic acids is 1. The number of carbonyl (C=O) groups is 1. The zero-order valence-corrected chi connectivity index (χ0v) is 16.7. The number of para-hydroxylation sites is 1. The lowest BCUT2D eigenvalue weighted by Crippen LogP contribution is -2.52. The van der Waals surface area contributed by atoms with Gasteiger partial charge < -0.3 is 15.0 Å². The number of amides is 1. The minimum atomic E-state index is 0.0248. The van der Waals surface area contributed by atoms with Gasteiger partial charge in [-0.1, -0.05) is 12.1 Å². The lowest BCUT2D eigenvalue weighted by atomic mass is 9.96. The van der Waals surface area contributed by atoms with E-state index in [2.05, 4.69) is 33.2 Å². The Labute approximate surface area is 162 Å². The molecule has 1 aliphatic rings. The first kappa shape index (κ1) is 18.7. The van der Waals surface area contributed by atoms with E-state index in [0.717, 1.165) is 29.7 Å². The molecule has 0 radical (unpaired) electrons. The second-order valence-corrected chi connectivity index (χ2v) is 7.34. The van der Waals surface area contributed by atoms with Crippen LogP contribution in [-0.4, -0.2) is 41.0 Å². The van der Waals surface area contributed by atoms with Crippen molar-refractivity contribution >= 4 is 27.7 Å². The van der Waals surface area contributed by atoms with E-state index in [1.165, 1.54) is 0 Å². The molecule has 1 aliphatic heterocycles. The number of benzene rings is 1. The lowest BCUT2D eigenvalue weighted by Gasteiger charge is -2.40. The summed E-state index contributed by atoms with van der Waals surface area (Å²) in [6, 6.07) is 11.6. The zero-order chi connectivity index (χ0) is 18.5. The summed E-state index contributed by atoms with van der Waals surface area (Å²) >= 11 is 3.40. The fraction of sp³-hybridized carbons (Fsp3) is 0.400. The van der Waals surface area contributed by atoms with E-state index in [9.17, 15) is 4.79 Å². The van der Waals surface area contributed by atoms with Crippen LogP contribution in [0, 0.1) is 0 Å². The first-order chi connectivity index (χ1) is 12.6. The summed E-state index contributed by atoms with van der Waals surface area (Å²) in [5, 5.41) is 3.48. The molecule has 1 fully saturated rings. The van der Waals surface area contributed by atoms with E-state index in [1.807, 2.05) is 48.2 Å². The smallest absolute Gasteiger partial charge is 0.257 e. The third-order valence-corrected chi connectivity index (χ3v) is 5.20. The van der Waals surface area contributed by atoms with E-state index in [1.54, 1.807) is 6.20 Å². The number of rotatable bonds is 5. The van der Waals surface area contributed by atoms with E-state index < -0.39 is 0 Å². The maximum absolute atomic E-state index is 13.1. The Morgan fingerprint density at radius 1 is 1.35 bits per heavy atom. The van der Waals surface area contributed by atoms with Crippen LogP contribution in [-0.2, 0) is 0 Å². The highest BCUT2D eigenvalue weighted by atomic mass is 79.9. The summed E-state index contributed by atoms with van der Waals surface area (Å²) in [6.45, 7) is 5.32. The van der Waals surface area contributed by atoms with Crippen molar-refractivity contribution in [2.45, 2.75) is 38.8 Å². The van der Waals surface area contributed by atoms with Crippen LogP contribution >= 0.6 is 15.9 Å². The van der Waals surface area contributed by atoms with Gasteiger partial charge >= 0.3 is 0 Å². The van der Waals surface area contributed by atoms with Gasteiger partial charge in [-0.25, -0.2) is 4.98 Å². The van der Waals surface area contributed by atoms with Gasteiger partial charge in [0.05, 0.1) is 12.2 Å². The number of hydrogen-bond donors (Lipinski definition) is 1. The van der Waals surface area contributed by atoms with Crippen LogP contribution in [0.15, 0.2) is 47.1 Å². The van der Waals surface area contributed by atoms with Crippen molar-refractivity contribution in [3.63, 3.8) is 0 Å². The second kappa shape index (κ2) is 8.54. The number of nitrogens with one attached hydrogen (secondary N) is 1. The summed E-state index contributed by atoms with van der Waals surface area (Å²) in [5.74, 6) is 1.50. The van der Waals surface area contributed by atoms with Crippen molar-refractivity contribution in [1.29, 1.82) is 0 Å². The van der Waals surface area contributed by atoms with Gasteiger partial charge in [-0.05, 0) is 66.9 Å². The number of piperidine rings is 1. The van der Waals surface area contributed by atoms with Crippen molar-refractivity contribution < 1.29 is 9.53 Å². The summed E-state index contributed by atoms with van der Waals surface area (Å²) in [7, 11) is 0. The molecule has 6 heteroatoms. The highest BCUT2D eigenvalue weighted by molar-refractivity contribution is 9.10. The van der Waals surface area contributed by atoms with Crippen molar-refractivity contribution in [3.8, 4) is 5.75 Å². The molecule has 1 aromatic heterocycles. The number of hydrogen-bond acceptors (Lipinski definition) is 4. The highest BCUT2D eigenvalue weighted by Crippen LogP contribution is 2.26. The minimum absolute atomic E-state index is 0.0248. The quantitative estimate of drug-likeness (QED) is 0.785. The Bertz CT molecular complexity index is 751. The molecule has 0 bridgehead atoms. The van der Waals surface area contributed by atoms with Crippen LogP contribution in [0.5, 0.6) is 5.75 Å². The van der Waals surface area contributed by atoms with Crippen LogP contribution in [0.25, 0.3) is 0 Å². The molecule has 0 aliphatic carbocycles. The fourth-order valence-corrected chi connectivity index (χ4v) is 3.59. The number of aromatic nitrogens is 1. The first-order valence-electron chi connectivity index (χ1n) is 9.01. The monoisotopic (exact) mass is 417 g/mol. The standard InChI is InChI=1S/C20H24BrN3O2/c1-3-26-18-9-5-4-7-16(18)20(25)24-12-6-8-17(14(24)2)23-19-11-10-15(21)13-22-19/h4-5,7,9-11,13-14,17H,3,6,8,12H2,1-2H3,(H,22,23)/t14-,17+/m1/s1. The molecule has 5 nitrogen and oxygen atoms in total. The molecule has 1 aromatic carbocycles. The Hall–Kier alpha value is -2.08. The molecule has 2 aromatic rings. The average molecular weight is 418 g/mol. The molecule has 0 spiro atoms. The topological polar surface area (TPSA) is 54.5 Å². The van der Waals surface area contributed by atoms with Gasteiger partial charge in [0.1, 0.15) is 11.6 Å². The molecular formula is C20H24BrN3O2. The van der Waals surface area contributed by atoms with E-state index in [4.69, 9.17) is 4.74 Å². The third-order valence-electron chi connectivity index (χ3n) is 4.73. The van der Waals surface area contributed by atoms with Gasteiger partial charge in [0.2, 0.25) is 0 Å². The van der Waals surface area contributed by atoms with Gasteiger partial charge in [0.15, 0.2) is 0 Å². The summed E-state index contributed by atoms with van der Waals surface area (Å²) in [4.78, 5) is 19.5. The number of likely N-dealkylation sites (tertiary alicyclic amines) is 1. The van der Waals surface area contributed by atoms with Crippen LogP contribution in [0.1, 0.15) is 37.0 Å². The van der Waals surface area contributed by atoms with Crippen LogP contribution in [0.3, 0.4) is 0 Å². The molecular weight excluding hydrogens is 394 g/mol. The molecule has 1 amide bonds. The SMILES string of the molecule is CCOc1ccccc1C(=O)N1CCC[C@H](Nc2ccc(Br)cn2)[C@H]1C. The van der Waals surface area contributed by atoms with Gasteiger partial charge in [-0.15, -0.1) is 0 Å². The molecule has 26 heavy (non-hydrogen) atoms. The number of ether oxygens (including phenoxy) is 1. The van der Waals surface area contributed by atoms with Gasteiger partial charge in [0.25, 0.3) is 5.91 Å². The molecule has 1 saturated heterocycles. The number of nitrogens with zero attached hydrogens (tertiary/aromatic N) is 2. The maximum Gasteiger partial charge on any atom is 0.257 e. The Balaban J connectivity index is 1.75. The molecule has 2 atom stereocenters. The summed E-state index contributed by atoms with van der Waals surface area (Å²) < 4.78 is 6.59. The predicted molar refractivity (Wildman–Crippen MR) is 107 cm³/mol. The Morgan fingerprint density at radius 2 is 2.15 bits per heavy atom. The fourth-order valence-electron chi connectivity index (χ4n) is 3.35. The number of pyridine rings is 1. The molecule has 3 rings (SSSR count). The van der Waals surface area contributed by atoms with Crippen molar-refractivity contribution in [2.24, 2.45) is 0 Å². The molecule has 1 N–H and O–H groups in total. The molecule has 138 valence electrons. The molecule has 0 unspecified atom stereocenters.